The Hall–Kier alpha value is -3.49. The minimum Gasteiger partial charge on any atom is -0.490 e. The maximum absolute atomic E-state index is 13.0. The second-order valence-corrected chi connectivity index (χ2v) is 8.98. The van der Waals surface area contributed by atoms with Crippen LogP contribution < -0.4 is 9.47 Å². The number of carbonyl (C=O) groups is 3. The van der Waals surface area contributed by atoms with Gasteiger partial charge in [-0.3, -0.25) is 14.5 Å². The monoisotopic (exact) mass is 511 g/mol. The van der Waals surface area contributed by atoms with E-state index < -0.39 is 5.97 Å². The fourth-order valence-corrected chi connectivity index (χ4v) is 4.68. The molecule has 1 saturated heterocycles. The molecule has 35 heavy (non-hydrogen) atoms. The van der Waals surface area contributed by atoms with Gasteiger partial charge in [0.1, 0.15) is 0 Å². The Kier molecular flexibility index (Phi) is 7.63. The van der Waals surface area contributed by atoms with Gasteiger partial charge in [-0.15, -0.1) is 0 Å². The van der Waals surface area contributed by atoms with Crippen LogP contribution in [-0.4, -0.2) is 42.3 Å². The van der Waals surface area contributed by atoms with E-state index in [2.05, 4.69) is 4.74 Å². The first-order chi connectivity index (χ1) is 16.9. The van der Waals surface area contributed by atoms with Gasteiger partial charge >= 0.3 is 5.97 Å². The molecular weight excluding hydrogens is 490 g/mol. The number of rotatable bonds is 8. The van der Waals surface area contributed by atoms with Gasteiger partial charge < -0.3 is 14.2 Å². The largest absolute Gasteiger partial charge is 0.490 e. The van der Waals surface area contributed by atoms with Crippen molar-refractivity contribution < 1.29 is 28.6 Å². The predicted molar refractivity (Wildman–Crippen MR) is 136 cm³/mol. The Morgan fingerprint density at radius 3 is 2.57 bits per heavy atom. The molecule has 1 heterocycles. The normalized spacial score (nSPS) is 14.6. The van der Waals surface area contributed by atoms with E-state index in [1.165, 1.54) is 12.0 Å². The number of imide groups is 1. The quantitative estimate of drug-likeness (QED) is 0.284. The minimum absolute atomic E-state index is 0.179. The third-order valence-electron chi connectivity index (χ3n) is 5.22. The smallest absolute Gasteiger partial charge is 0.343 e. The summed E-state index contributed by atoms with van der Waals surface area (Å²) in [7, 11) is 1.26. The molecule has 1 aliphatic rings. The molecule has 0 bridgehead atoms. The summed E-state index contributed by atoms with van der Waals surface area (Å²) in [6, 6.07) is 17.0. The number of carbonyl (C=O) groups excluding carboxylic acids is 3. The van der Waals surface area contributed by atoms with E-state index in [0.29, 0.717) is 17.9 Å². The Morgan fingerprint density at radius 2 is 1.83 bits per heavy atom. The molecule has 0 unspecified atom stereocenters. The maximum atomic E-state index is 13.0. The molecule has 4 rings (SSSR count). The summed E-state index contributed by atoms with van der Waals surface area (Å²) in [5.74, 6) is -0.438. The number of amides is 2. The molecule has 3 aromatic rings. The van der Waals surface area contributed by atoms with Crippen molar-refractivity contribution in [2.24, 2.45) is 0 Å². The SMILES string of the molecule is CCOc1cc(C=C2SC(=O)N(Cc3ccc4ccccc4c3)C2=O)cc(Cl)c1OCC(=O)OC. The van der Waals surface area contributed by atoms with E-state index in [1.54, 1.807) is 25.1 Å². The molecule has 3 aromatic carbocycles. The van der Waals surface area contributed by atoms with Crippen LogP contribution in [0.25, 0.3) is 16.8 Å². The Labute approximate surface area is 211 Å². The summed E-state index contributed by atoms with van der Waals surface area (Å²) in [6.45, 7) is 1.97. The Bertz CT molecular complexity index is 1340. The third-order valence-corrected chi connectivity index (χ3v) is 6.41. The third kappa shape index (κ3) is 5.61. The van der Waals surface area contributed by atoms with Gasteiger partial charge in [0, 0.05) is 0 Å². The number of nitrogens with zero attached hydrogens (tertiary/aromatic N) is 1. The van der Waals surface area contributed by atoms with Gasteiger partial charge in [-0.1, -0.05) is 48.0 Å². The van der Waals surface area contributed by atoms with Crippen LogP contribution in [-0.2, 0) is 20.9 Å². The molecule has 0 N–H and O–H groups in total. The topological polar surface area (TPSA) is 82.1 Å². The van der Waals surface area contributed by atoms with Gasteiger partial charge in [-0.25, -0.2) is 4.79 Å². The van der Waals surface area contributed by atoms with Crippen molar-refractivity contribution in [2.75, 3.05) is 20.3 Å². The van der Waals surface area contributed by atoms with E-state index >= 15 is 0 Å². The van der Waals surface area contributed by atoms with Crippen LogP contribution in [0.5, 0.6) is 11.5 Å². The Morgan fingerprint density at radius 1 is 1.06 bits per heavy atom. The summed E-state index contributed by atoms with van der Waals surface area (Å²) in [4.78, 5) is 38.6. The molecule has 0 aromatic heterocycles. The number of hydrogen-bond donors (Lipinski definition) is 0. The van der Waals surface area contributed by atoms with Gasteiger partial charge in [0.05, 0.1) is 30.2 Å². The number of ether oxygens (including phenoxy) is 3. The second-order valence-electron chi connectivity index (χ2n) is 7.58. The summed E-state index contributed by atoms with van der Waals surface area (Å²) in [6.07, 6.45) is 1.59. The standard InChI is InChI=1S/C26H22ClNO6S/c1-3-33-21-12-17(11-20(27)24(21)34-15-23(29)32-2)13-22-25(30)28(26(31)35-22)14-16-8-9-18-6-4-5-7-19(18)10-16/h4-13H,3,14-15H2,1-2H3. The molecule has 7 nitrogen and oxygen atoms in total. The number of thioether (sulfide) groups is 1. The highest BCUT2D eigenvalue weighted by Crippen LogP contribution is 2.39. The summed E-state index contributed by atoms with van der Waals surface area (Å²) >= 11 is 7.24. The number of methoxy groups -OCH3 is 1. The van der Waals surface area contributed by atoms with Crippen LogP contribution in [0, 0.1) is 0 Å². The zero-order valence-electron chi connectivity index (χ0n) is 19.1. The van der Waals surface area contributed by atoms with Crippen LogP contribution in [0.1, 0.15) is 18.1 Å². The summed E-state index contributed by atoms with van der Waals surface area (Å²) < 4.78 is 15.7. The number of hydrogen-bond acceptors (Lipinski definition) is 7. The molecule has 180 valence electrons. The fourth-order valence-electron chi connectivity index (χ4n) is 3.57. The lowest BCUT2D eigenvalue weighted by Gasteiger charge is -2.14. The molecule has 9 heteroatoms. The van der Waals surface area contributed by atoms with Crippen LogP contribution in [0.3, 0.4) is 0 Å². The summed E-state index contributed by atoms with van der Waals surface area (Å²) in [5, 5.41) is 1.98. The van der Waals surface area contributed by atoms with Gasteiger partial charge in [0.15, 0.2) is 18.1 Å². The first kappa shape index (κ1) is 24.6. The number of benzene rings is 3. The number of esters is 1. The molecular formula is C26H22ClNO6S. The second kappa shape index (κ2) is 10.8. The van der Waals surface area contributed by atoms with Gasteiger partial charge in [0.25, 0.3) is 11.1 Å². The first-order valence-electron chi connectivity index (χ1n) is 10.8. The molecule has 0 saturated carbocycles. The zero-order valence-corrected chi connectivity index (χ0v) is 20.7. The molecule has 0 aliphatic carbocycles. The average molecular weight is 512 g/mol. The average Bonchev–Trinajstić information content (AvgIpc) is 3.10. The van der Waals surface area contributed by atoms with Crippen LogP contribution in [0.2, 0.25) is 5.02 Å². The van der Waals surface area contributed by atoms with Gasteiger partial charge in [0.2, 0.25) is 0 Å². The molecule has 0 atom stereocenters. The lowest BCUT2D eigenvalue weighted by molar-refractivity contribution is -0.142. The van der Waals surface area contributed by atoms with Crippen molar-refractivity contribution in [3.05, 3.63) is 75.7 Å². The highest BCUT2D eigenvalue weighted by atomic mass is 35.5. The van der Waals surface area contributed by atoms with Crippen LogP contribution in [0.4, 0.5) is 4.79 Å². The molecule has 0 radical (unpaired) electrons. The van der Waals surface area contributed by atoms with E-state index in [0.717, 1.165) is 28.1 Å². The predicted octanol–water partition coefficient (Wildman–Crippen LogP) is 5.68. The van der Waals surface area contributed by atoms with Crippen molar-refractivity contribution in [1.82, 2.24) is 4.90 Å². The lowest BCUT2D eigenvalue weighted by Crippen LogP contribution is -2.27. The lowest BCUT2D eigenvalue weighted by atomic mass is 10.1. The minimum atomic E-state index is -0.562. The van der Waals surface area contributed by atoms with E-state index in [-0.39, 0.29) is 40.0 Å². The van der Waals surface area contributed by atoms with E-state index in [9.17, 15) is 14.4 Å². The highest BCUT2D eigenvalue weighted by molar-refractivity contribution is 8.18. The molecule has 1 fully saturated rings. The van der Waals surface area contributed by atoms with Crippen molar-refractivity contribution in [3.8, 4) is 11.5 Å². The molecule has 1 aliphatic heterocycles. The highest BCUT2D eigenvalue weighted by Gasteiger charge is 2.35. The number of fused-ring (bicyclic) bond motifs is 1. The Balaban J connectivity index is 1.56. The van der Waals surface area contributed by atoms with Crippen molar-refractivity contribution in [3.63, 3.8) is 0 Å². The summed E-state index contributed by atoms with van der Waals surface area (Å²) in [5.41, 5.74) is 1.42. The van der Waals surface area contributed by atoms with Crippen molar-refractivity contribution >= 4 is 57.3 Å². The van der Waals surface area contributed by atoms with Crippen LogP contribution in [0.15, 0.2) is 59.5 Å². The zero-order chi connectivity index (χ0) is 24.9. The van der Waals surface area contributed by atoms with Gasteiger partial charge in [-0.05, 0) is 64.9 Å². The molecule has 0 spiro atoms. The molecule has 2 amide bonds. The van der Waals surface area contributed by atoms with Crippen molar-refractivity contribution in [2.45, 2.75) is 13.5 Å². The maximum Gasteiger partial charge on any atom is 0.343 e. The van der Waals surface area contributed by atoms with Crippen LogP contribution >= 0.6 is 23.4 Å². The first-order valence-corrected chi connectivity index (χ1v) is 12.0. The fraction of sp³-hybridized carbons (Fsp3) is 0.192. The van der Waals surface area contributed by atoms with E-state index in [4.69, 9.17) is 21.1 Å². The van der Waals surface area contributed by atoms with E-state index in [1.807, 2.05) is 42.5 Å². The van der Waals surface area contributed by atoms with Gasteiger partial charge in [-0.2, -0.15) is 0 Å². The van der Waals surface area contributed by atoms with Crippen molar-refractivity contribution in [1.29, 1.82) is 0 Å². The number of halogens is 1.